The smallest absolute Gasteiger partial charge is 0.250 e. The van der Waals surface area contributed by atoms with Crippen molar-refractivity contribution >= 4 is 38.6 Å². The lowest BCUT2D eigenvalue weighted by Crippen LogP contribution is -2.33. The van der Waals surface area contributed by atoms with E-state index in [0.717, 1.165) is 24.2 Å². The van der Waals surface area contributed by atoms with Crippen LogP contribution in [0.5, 0.6) is 0 Å². The summed E-state index contributed by atoms with van der Waals surface area (Å²) < 4.78 is 27.0. The Labute approximate surface area is 110 Å². The lowest BCUT2D eigenvalue weighted by Gasteiger charge is -2.11. The van der Waals surface area contributed by atoms with Crippen LogP contribution in [0.15, 0.2) is 16.3 Å². The number of thiophene rings is 1. The Balaban J connectivity index is 2.15. The number of nitrogens with two attached hydrogens (primary N) is 1. The largest absolute Gasteiger partial charge is 0.389 e. The molecule has 1 aromatic heterocycles. The second-order valence-electron chi connectivity index (χ2n) is 4.23. The van der Waals surface area contributed by atoms with Gasteiger partial charge in [-0.05, 0) is 37.8 Å². The first-order chi connectivity index (χ1) is 7.90. The Kier molecular flexibility index (Phi) is 3.53. The van der Waals surface area contributed by atoms with Crippen molar-refractivity contribution in [2.24, 2.45) is 11.7 Å². The average molecular weight is 290 g/mol. The lowest BCUT2D eigenvalue weighted by atomic mass is 10.2. The van der Waals surface area contributed by atoms with Gasteiger partial charge in [0, 0.05) is 6.04 Å². The molecule has 1 aromatic rings. The quantitative estimate of drug-likeness (QED) is 0.805. The predicted octanol–water partition coefficient (Wildman–Crippen LogP) is 1.46. The van der Waals surface area contributed by atoms with Crippen LogP contribution in [-0.2, 0) is 10.0 Å². The first-order valence-corrected chi connectivity index (χ1v) is 8.03. The molecular weight excluding hydrogens is 276 g/mol. The van der Waals surface area contributed by atoms with Crippen LogP contribution < -0.4 is 10.5 Å². The van der Waals surface area contributed by atoms with Crippen LogP contribution in [0.2, 0.25) is 0 Å². The maximum absolute atomic E-state index is 12.0. The van der Waals surface area contributed by atoms with Crippen LogP contribution in [0.4, 0.5) is 0 Å². The van der Waals surface area contributed by atoms with Crippen LogP contribution in [0.25, 0.3) is 0 Å². The summed E-state index contributed by atoms with van der Waals surface area (Å²) in [4.78, 5) is 0.853. The minimum atomic E-state index is -3.42. The molecule has 0 amide bonds. The Morgan fingerprint density at radius 1 is 1.59 bits per heavy atom. The highest BCUT2D eigenvalue weighted by atomic mass is 32.2. The number of sulfonamides is 1. The number of hydrogen-bond acceptors (Lipinski definition) is 4. The van der Waals surface area contributed by atoms with Gasteiger partial charge in [-0.1, -0.05) is 12.2 Å². The highest BCUT2D eigenvalue weighted by Gasteiger charge is 2.31. The van der Waals surface area contributed by atoms with E-state index in [-0.39, 0.29) is 15.2 Å². The van der Waals surface area contributed by atoms with Crippen molar-refractivity contribution in [3.05, 3.63) is 17.0 Å². The summed E-state index contributed by atoms with van der Waals surface area (Å²) in [6.45, 7) is 1.90. The highest BCUT2D eigenvalue weighted by Crippen LogP contribution is 2.33. The Hall–Kier alpha value is -0.500. The second kappa shape index (κ2) is 4.64. The van der Waals surface area contributed by atoms with E-state index in [1.165, 1.54) is 0 Å². The normalized spacial score (nSPS) is 17.9. The molecule has 94 valence electrons. The molecule has 1 atom stereocenters. The molecule has 1 aliphatic rings. The van der Waals surface area contributed by atoms with Gasteiger partial charge in [0.25, 0.3) is 0 Å². The maximum atomic E-state index is 12.0. The SMILES string of the molecule is CC(NS(=O)(=O)c1ccc(C(N)=S)s1)C1CC1. The van der Waals surface area contributed by atoms with Gasteiger partial charge >= 0.3 is 0 Å². The summed E-state index contributed by atoms with van der Waals surface area (Å²) in [6, 6.07) is 3.18. The van der Waals surface area contributed by atoms with Crippen molar-refractivity contribution < 1.29 is 8.42 Å². The van der Waals surface area contributed by atoms with E-state index < -0.39 is 10.0 Å². The number of rotatable bonds is 5. The summed E-state index contributed by atoms with van der Waals surface area (Å²) in [5.41, 5.74) is 5.46. The molecular formula is C10H14N2O2S3. The number of hydrogen-bond donors (Lipinski definition) is 2. The fourth-order valence-corrected chi connectivity index (χ4v) is 4.27. The van der Waals surface area contributed by atoms with E-state index in [9.17, 15) is 8.42 Å². The van der Waals surface area contributed by atoms with Crippen molar-refractivity contribution in [1.29, 1.82) is 0 Å². The van der Waals surface area contributed by atoms with E-state index in [4.69, 9.17) is 18.0 Å². The van der Waals surface area contributed by atoms with Crippen LogP contribution in [0.3, 0.4) is 0 Å². The van der Waals surface area contributed by atoms with Crippen LogP contribution in [-0.4, -0.2) is 19.4 Å². The first-order valence-electron chi connectivity index (χ1n) is 5.32. The van der Waals surface area contributed by atoms with Gasteiger partial charge < -0.3 is 5.73 Å². The topological polar surface area (TPSA) is 72.2 Å². The van der Waals surface area contributed by atoms with Gasteiger partial charge in [0.15, 0.2) is 0 Å². The van der Waals surface area contributed by atoms with Gasteiger partial charge in [0.05, 0.1) is 4.88 Å². The van der Waals surface area contributed by atoms with Crippen molar-refractivity contribution in [3.63, 3.8) is 0 Å². The third kappa shape index (κ3) is 3.04. The van der Waals surface area contributed by atoms with E-state index in [1.54, 1.807) is 12.1 Å². The van der Waals surface area contributed by atoms with E-state index in [1.807, 2.05) is 6.92 Å². The van der Waals surface area contributed by atoms with Crippen LogP contribution in [0, 0.1) is 5.92 Å². The standard InChI is InChI=1S/C10H14N2O2S3/c1-6(7-2-3-7)12-17(13,14)9-5-4-8(16-9)10(11)15/h4-7,12H,2-3H2,1H3,(H2,11,15). The van der Waals surface area contributed by atoms with Crippen molar-refractivity contribution in [2.75, 3.05) is 0 Å². The van der Waals surface area contributed by atoms with Gasteiger partial charge in [-0.2, -0.15) is 0 Å². The Morgan fingerprint density at radius 2 is 2.24 bits per heavy atom. The number of thiocarbonyl (C=S) groups is 1. The predicted molar refractivity (Wildman–Crippen MR) is 72.7 cm³/mol. The minimum absolute atomic E-state index is 0.00428. The molecule has 0 radical (unpaired) electrons. The van der Waals surface area contributed by atoms with Gasteiger partial charge in [0.1, 0.15) is 9.20 Å². The molecule has 1 heterocycles. The molecule has 3 N–H and O–H groups in total. The average Bonchev–Trinajstić information content (AvgIpc) is 2.93. The molecule has 17 heavy (non-hydrogen) atoms. The van der Waals surface area contributed by atoms with E-state index in [2.05, 4.69) is 4.72 Å². The molecule has 2 rings (SSSR count). The third-order valence-corrected chi connectivity index (χ3v) is 6.28. The third-order valence-electron chi connectivity index (χ3n) is 2.76. The summed E-state index contributed by atoms with van der Waals surface area (Å²) >= 11 is 5.92. The lowest BCUT2D eigenvalue weighted by molar-refractivity contribution is 0.539. The minimum Gasteiger partial charge on any atom is -0.389 e. The monoisotopic (exact) mass is 290 g/mol. The van der Waals surface area contributed by atoms with E-state index in [0.29, 0.717) is 10.8 Å². The molecule has 1 saturated carbocycles. The van der Waals surface area contributed by atoms with Gasteiger partial charge in [-0.3, -0.25) is 0 Å². The molecule has 0 saturated heterocycles. The fourth-order valence-electron chi connectivity index (χ4n) is 1.59. The molecule has 0 spiro atoms. The summed E-state index contributed by atoms with van der Waals surface area (Å²) in [5.74, 6) is 0.486. The highest BCUT2D eigenvalue weighted by molar-refractivity contribution is 7.91. The fraction of sp³-hybridized carbons (Fsp3) is 0.500. The second-order valence-corrected chi connectivity index (χ2v) is 7.69. The summed E-state index contributed by atoms with van der Waals surface area (Å²) in [5, 5.41) is 0. The van der Waals surface area contributed by atoms with Gasteiger partial charge in [0.2, 0.25) is 10.0 Å². The molecule has 1 fully saturated rings. The molecule has 7 heteroatoms. The zero-order valence-electron chi connectivity index (χ0n) is 9.34. The van der Waals surface area contributed by atoms with Gasteiger partial charge in [-0.25, -0.2) is 13.1 Å². The maximum Gasteiger partial charge on any atom is 0.250 e. The molecule has 0 aromatic carbocycles. The molecule has 4 nitrogen and oxygen atoms in total. The first kappa shape index (κ1) is 12.9. The van der Waals surface area contributed by atoms with Crippen molar-refractivity contribution in [3.8, 4) is 0 Å². The Bertz CT molecular complexity index is 532. The summed E-state index contributed by atoms with van der Waals surface area (Å²) in [7, 11) is -3.42. The summed E-state index contributed by atoms with van der Waals surface area (Å²) in [6.07, 6.45) is 2.21. The van der Waals surface area contributed by atoms with Crippen molar-refractivity contribution in [2.45, 2.75) is 30.0 Å². The number of nitrogens with one attached hydrogen (secondary N) is 1. The van der Waals surface area contributed by atoms with Crippen LogP contribution >= 0.6 is 23.6 Å². The van der Waals surface area contributed by atoms with E-state index >= 15 is 0 Å². The molecule has 1 unspecified atom stereocenters. The molecule has 1 aliphatic carbocycles. The molecule has 0 bridgehead atoms. The molecule has 0 aliphatic heterocycles. The van der Waals surface area contributed by atoms with Crippen molar-refractivity contribution in [1.82, 2.24) is 4.72 Å². The van der Waals surface area contributed by atoms with Crippen LogP contribution in [0.1, 0.15) is 24.6 Å². The van der Waals surface area contributed by atoms with Gasteiger partial charge in [-0.15, -0.1) is 11.3 Å². The Morgan fingerprint density at radius 3 is 2.71 bits per heavy atom. The zero-order valence-corrected chi connectivity index (χ0v) is 11.8. The zero-order chi connectivity index (χ0) is 12.6.